The molecule has 0 radical (unpaired) electrons. The van der Waals surface area contributed by atoms with E-state index in [1.165, 1.54) is 0 Å². The Morgan fingerprint density at radius 2 is 2.10 bits per heavy atom. The summed E-state index contributed by atoms with van der Waals surface area (Å²) in [4.78, 5) is 0. The van der Waals surface area contributed by atoms with Gasteiger partial charge in [-0.1, -0.05) is 0 Å². The van der Waals surface area contributed by atoms with Crippen LogP contribution in [0.3, 0.4) is 0 Å². The number of rotatable bonds is 1. The number of alkyl halides is 2. The minimum absolute atomic E-state index is 0.0336. The zero-order chi connectivity index (χ0) is 7.56. The van der Waals surface area contributed by atoms with Gasteiger partial charge in [-0.25, -0.2) is 4.39 Å². The molecular weight excluding hydrogens is 155 g/mol. The molecule has 0 aromatic heterocycles. The van der Waals surface area contributed by atoms with E-state index in [0.717, 1.165) is 6.42 Å². The van der Waals surface area contributed by atoms with E-state index < -0.39 is 6.17 Å². The van der Waals surface area contributed by atoms with Gasteiger partial charge in [-0.05, 0) is 12.8 Å². The van der Waals surface area contributed by atoms with Crippen LogP contribution in [0.4, 0.5) is 4.39 Å². The minimum atomic E-state index is -0.763. The van der Waals surface area contributed by atoms with Crippen molar-refractivity contribution in [2.45, 2.75) is 36.9 Å². The van der Waals surface area contributed by atoms with Crippen LogP contribution in [0, 0.1) is 0 Å². The van der Waals surface area contributed by atoms with E-state index in [-0.39, 0.29) is 11.5 Å². The van der Waals surface area contributed by atoms with Crippen LogP contribution in [-0.2, 0) is 4.74 Å². The van der Waals surface area contributed by atoms with E-state index in [2.05, 4.69) is 0 Å². The Balaban J connectivity index is 2.35. The minimum Gasteiger partial charge on any atom is -0.381 e. The summed E-state index contributed by atoms with van der Waals surface area (Å²) >= 11 is 5.76. The standard InChI is InChI=1S/C7H12ClFO/c1-10-7-3-5(8)2-6(9)4-7/h5-7H,2-4H2,1H3. The lowest BCUT2D eigenvalue weighted by molar-refractivity contribution is 0.0422. The molecule has 1 aliphatic rings. The quantitative estimate of drug-likeness (QED) is 0.543. The zero-order valence-electron chi connectivity index (χ0n) is 6.02. The number of hydrogen-bond donors (Lipinski definition) is 0. The van der Waals surface area contributed by atoms with Crippen LogP contribution in [0.25, 0.3) is 0 Å². The van der Waals surface area contributed by atoms with Gasteiger partial charge in [0.1, 0.15) is 6.17 Å². The first kappa shape index (κ1) is 8.28. The van der Waals surface area contributed by atoms with Crippen molar-refractivity contribution in [3.8, 4) is 0 Å². The maximum Gasteiger partial charge on any atom is 0.104 e. The molecule has 0 N–H and O–H groups in total. The molecule has 1 saturated carbocycles. The summed E-state index contributed by atoms with van der Waals surface area (Å²) in [6.07, 6.45) is 1.06. The zero-order valence-corrected chi connectivity index (χ0v) is 6.77. The van der Waals surface area contributed by atoms with Crippen LogP contribution >= 0.6 is 11.6 Å². The van der Waals surface area contributed by atoms with Crippen LogP contribution in [0.2, 0.25) is 0 Å². The maximum absolute atomic E-state index is 12.7. The second-order valence-corrected chi connectivity index (χ2v) is 3.38. The van der Waals surface area contributed by atoms with Gasteiger partial charge >= 0.3 is 0 Å². The predicted octanol–water partition coefficient (Wildman–Crippen LogP) is 2.13. The Hall–Kier alpha value is 0.180. The molecule has 1 aliphatic carbocycles. The third kappa shape index (κ3) is 2.10. The molecule has 0 aliphatic heterocycles. The number of ether oxygens (including phenoxy) is 1. The average Bonchev–Trinajstić information content (AvgIpc) is 1.85. The van der Waals surface area contributed by atoms with Crippen molar-refractivity contribution in [1.82, 2.24) is 0 Å². The predicted molar refractivity (Wildman–Crippen MR) is 39.2 cm³/mol. The molecule has 60 valence electrons. The lowest BCUT2D eigenvalue weighted by atomic mass is 9.96. The molecule has 0 heterocycles. The van der Waals surface area contributed by atoms with Gasteiger partial charge in [0, 0.05) is 18.9 Å². The van der Waals surface area contributed by atoms with Gasteiger partial charge in [0.25, 0.3) is 0 Å². The number of methoxy groups -OCH3 is 1. The summed E-state index contributed by atoms with van der Waals surface area (Å²) < 4.78 is 17.7. The first-order valence-electron chi connectivity index (χ1n) is 3.53. The molecule has 0 amide bonds. The fourth-order valence-electron chi connectivity index (χ4n) is 1.33. The van der Waals surface area contributed by atoms with Gasteiger partial charge in [-0.2, -0.15) is 0 Å². The number of halogens is 2. The van der Waals surface area contributed by atoms with Crippen LogP contribution in [-0.4, -0.2) is 24.8 Å². The van der Waals surface area contributed by atoms with Crippen molar-refractivity contribution < 1.29 is 9.13 Å². The molecule has 1 fully saturated rings. The summed E-state index contributed by atoms with van der Waals surface area (Å²) in [5.41, 5.74) is 0. The van der Waals surface area contributed by atoms with Crippen LogP contribution < -0.4 is 0 Å². The van der Waals surface area contributed by atoms with Crippen LogP contribution in [0.1, 0.15) is 19.3 Å². The molecular formula is C7H12ClFO. The van der Waals surface area contributed by atoms with E-state index in [1.807, 2.05) is 0 Å². The van der Waals surface area contributed by atoms with Crippen molar-refractivity contribution in [3.63, 3.8) is 0 Å². The van der Waals surface area contributed by atoms with E-state index in [0.29, 0.717) is 12.8 Å². The lowest BCUT2D eigenvalue weighted by Crippen LogP contribution is -2.29. The number of hydrogen-bond acceptors (Lipinski definition) is 1. The van der Waals surface area contributed by atoms with Gasteiger partial charge < -0.3 is 4.74 Å². The molecule has 0 aromatic rings. The lowest BCUT2D eigenvalue weighted by Gasteiger charge is -2.26. The first-order valence-corrected chi connectivity index (χ1v) is 3.97. The highest BCUT2D eigenvalue weighted by molar-refractivity contribution is 6.20. The van der Waals surface area contributed by atoms with E-state index in [9.17, 15) is 4.39 Å². The van der Waals surface area contributed by atoms with Crippen molar-refractivity contribution in [3.05, 3.63) is 0 Å². The van der Waals surface area contributed by atoms with Crippen molar-refractivity contribution in [1.29, 1.82) is 0 Å². The molecule has 3 atom stereocenters. The molecule has 3 unspecified atom stereocenters. The topological polar surface area (TPSA) is 9.23 Å². The molecule has 3 heteroatoms. The van der Waals surface area contributed by atoms with Crippen LogP contribution in [0.5, 0.6) is 0 Å². The molecule has 0 spiro atoms. The molecule has 1 rings (SSSR count). The second-order valence-electron chi connectivity index (χ2n) is 2.76. The van der Waals surface area contributed by atoms with Gasteiger partial charge in [0.15, 0.2) is 0 Å². The van der Waals surface area contributed by atoms with E-state index >= 15 is 0 Å². The molecule has 10 heavy (non-hydrogen) atoms. The summed E-state index contributed by atoms with van der Waals surface area (Å²) in [5.74, 6) is 0. The summed E-state index contributed by atoms with van der Waals surface area (Å²) in [5, 5.41) is -0.0336. The third-order valence-corrected chi connectivity index (χ3v) is 2.24. The Morgan fingerprint density at radius 3 is 2.60 bits per heavy atom. The second kappa shape index (κ2) is 3.54. The normalized spacial score (nSPS) is 41.7. The summed E-state index contributed by atoms with van der Waals surface area (Å²) in [6.45, 7) is 0. The molecule has 1 nitrogen and oxygen atoms in total. The molecule has 0 saturated heterocycles. The van der Waals surface area contributed by atoms with Crippen molar-refractivity contribution in [2.75, 3.05) is 7.11 Å². The van der Waals surface area contributed by atoms with Gasteiger partial charge in [-0.3, -0.25) is 0 Å². The Bertz CT molecular complexity index is 99.8. The van der Waals surface area contributed by atoms with E-state index in [4.69, 9.17) is 16.3 Å². The Kier molecular flexibility index (Phi) is 2.93. The highest BCUT2D eigenvalue weighted by atomic mass is 35.5. The first-order chi connectivity index (χ1) is 4.72. The monoisotopic (exact) mass is 166 g/mol. The van der Waals surface area contributed by atoms with Gasteiger partial charge in [0.2, 0.25) is 0 Å². The van der Waals surface area contributed by atoms with E-state index in [1.54, 1.807) is 7.11 Å². The fourth-order valence-corrected chi connectivity index (χ4v) is 1.72. The maximum atomic E-state index is 12.7. The van der Waals surface area contributed by atoms with Crippen molar-refractivity contribution in [2.24, 2.45) is 0 Å². The highest BCUT2D eigenvalue weighted by Crippen LogP contribution is 2.26. The van der Waals surface area contributed by atoms with Gasteiger partial charge in [0.05, 0.1) is 6.10 Å². The average molecular weight is 167 g/mol. The smallest absolute Gasteiger partial charge is 0.104 e. The van der Waals surface area contributed by atoms with Crippen molar-refractivity contribution >= 4 is 11.6 Å². The summed E-state index contributed by atoms with van der Waals surface area (Å²) in [6, 6.07) is 0. The largest absolute Gasteiger partial charge is 0.381 e. The SMILES string of the molecule is COC1CC(F)CC(Cl)C1. The van der Waals surface area contributed by atoms with Crippen LogP contribution in [0.15, 0.2) is 0 Å². The highest BCUT2D eigenvalue weighted by Gasteiger charge is 2.27. The fraction of sp³-hybridized carbons (Fsp3) is 1.00. The Morgan fingerprint density at radius 1 is 1.40 bits per heavy atom. The summed E-state index contributed by atoms with van der Waals surface area (Å²) in [7, 11) is 1.60. The Labute approximate surface area is 65.5 Å². The third-order valence-electron chi connectivity index (χ3n) is 1.88. The molecule has 0 aromatic carbocycles. The molecule has 0 bridgehead atoms. The van der Waals surface area contributed by atoms with Gasteiger partial charge in [-0.15, -0.1) is 11.6 Å².